The van der Waals surface area contributed by atoms with E-state index in [0.717, 1.165) is 12.0 Å². The first kappa shape index (κ1) is 22.4. The van der Waals surface area contributed by atoms with Crippen molar-refractivity contribution in [2.75, 3.05) is 33.2 Å². The van der Waals surface area contributed by atoms with Gasteiger partial charge in [-0.3, -0.25) is 14.5 Å². The summed E-state index contributed by atoms with van der Waals surface area (Å²) in [5.74, 6) is -1.43. The second-order valence-electron chi connectivity index (χ2n) is 8.88. The first-order chi connectivity index (χ1) is 15.1. The number of amides is 2. The maximum Gasteiger partial charge on any atom is 0.526 e. The van der Waals surface area contributed by atoms with Crippen LogP contribution in [0.1, 0.15) is 35.2 Å². The minimum absolute atomic E-state index is 0.0234. The minimum Gasteiger partial charge on any atom is -0.535 e. The number of nitrogens with zero attached hydrogens (tertiary/aromatic N) is 1. The Bertz CT molecular complexity index is 950. The molecule has 1 saturated heterocycles. The van der Waals surface area contributed by atoms with E-state index in [1.54, 1.807) is 19.1 Å². The Balaban J connectivity index is 1.35. The molecular weight excluding hydrogens is 419 g/mol. The molecule has 11 nitrogen and oxygen atoms in total. The highest BCUT2D eigenvalue weighted by Gasteiger charge is 2.54. The van der Waals surface area contributed by atoms with E-state index in [9.17, 15) is 24.5 Å². The molecule has 1 aromatic carbocycles. The number of carboxylic acids is 1. The van der Waals surface area contributed by atoms with Crippen molar-refractivity contribution in [1.82, 2.24) is 15.5 Å². The Kier molecular flexibility index (Phi) is 5.78. The molecule has 3 aliphatic rings. The van der Waals surface area contributed by atoms with Gasteiger partial charge in [0.25, 0.3) is 0 Å². The predicted molar refractivity (Wildman–Crippen MR) is 114 cm³/mol. The fourth-order valence-electron chi connectivity index (χ4n) is 4.29. The largest absolute Gasteiger partial charge is 0.535 e. The zero-order valence-electron chi connectivity index (χ0n) is 18.0. The van der Waals surface area contributed by atoms with Gasteiger partial charge < -0.3 is 35.9 Å². The van der Waals surface area contributed by atoms with Crippen LogP contribution < -0.4 is 25.8 Å². The highest BCUT2D eigenvalue weighted by Crippen LogP contribution is 2.60. The Labute approximate surface area is 185 Å². The van der Waals surface area contributed by atoms with Crippen LogP contribution in [0, 0.1) is 0 Å². The third kappa shape index (κ3) is 4.25. The molecule has 2 aliphatic heterocycles. The van der Waals surface area contributed by atoms with Crippen LogP contribution in [0.5, 0.6) is 11.5 Å². The van der Waals surface area contributed by atoms with Gasteiger partial charge in [0.1, 0.15) is 28.7 Å². The van der Waals surface area contributed by atoms with Crippen molar-refractivity contribution in [3.63, 3.8) is 0 Å². The van der Waals surface area contributed by atoms with Crippen LogP contribution in [-0.2, 0) is 9.59 Å². The summed E-state index contributed by atoms with van der Waals surface area (Å²) in [6.45, 7) is 2.60. The van der Waals surface area contributed by atoms with E-state index in [1.807, 2.05) is 4.90 Å². The lowest BCUT2D eigenvalue weighted by molar-refractivity contribution is -0.130. The molecule has 0 radical (unpaired) electrons. The number of carboxylic acid groups (broad SMARTS) is 1. The number of fused-ring (bicyclic) bond motifs is 3. The van der Waals surface area contributed by atoms with Crippen LogP contribution in [-0.4, -0.2) is 84.8 Å². The maximum absolute atomic E-state index is 12.3. The molecule has 32 heavy (non-hydrogen) atoms. The molecule has 3 atom stereocenters. The molecule has 12 heteroatoms. The summed E-state index contributed by atoms with van der Waals surface area (Å²) in [6, 6.07) is 3.44. The SMILES string of the molecule is CNC(=O)CNC(=O)[C@](C)(N)CN1CC(Oc2ccc3c(c2C(=O)O)OB(O)[C@@H]2C[C@H]32)C1. The first-order valence-electron chi connectivity index (χ1n) is 10.5. The topological polar surface area (TPSA) is 163 Å². The number of likely N-dealkylation sites (tertiary alicyclic amines) is 1. The zero-order chi connectivity index (χ0) is 23.2. The van der Waals surface area contributed by atoms with Crippen molar-refractivity contribution < 1.29 is 33.9 Å². The summed E-state index contributed by atoms with van der Waals surface area (Å²) < 4.78 is 11.4. The number of aromatic carboxylic acids is 1. The third-order valence-electron chi connectivity index (χ3n) is 6.18. The van der Waals surface area contributed by atoms with Gasteiger partial charge in [-0.15, -0.1) is 0 Å². The molecule has 0 spiro atoms. The minimum atomic E-state index is -1.21. The summed E-state index contributed by atoms with van der Waals surface area (Å²) >= 11 is 0. The van der Waals surface area contributed by atoms with Gasteiger partial charge in [0, 0.05) is 32.5 Å². The molecule has 4 rings (SSSR count). The van der Waals surface area contributed by atoms with E-state index >= 15 is 0 Å². The molecule has 6 N–H and O–H groups in total. The van der Waals surface area contributed by atoms with E-state index in [-0.39, 0.29) is 53.9 Å². The average Bonchev–Trinajstić information content (AvgIpc) is 3.51. The molecule has 0 bridgehead atoms. The molecule has 172 valence electrons. The van der Waals surface area contributed by atoms with Gasteiger partial charge in [-0.2, -0.15) is 0 Å². The molecule has 2 fully saturated rings. The second kappa shape index (κ2) is 8.26. The van der Waals surface area contributed by atoms with Crippen LogP contribution in [0.3, 0.4) is 0 Å². The number of hydrogen-bond donors (Lipinski definition) is 5. The number of carbonyl (C=O) groups is 3. The van der Waals surface area contributed by atoms with Crippen molar-refractivity contribution in [1.29, 1.82) is 0 Å². The summed E-state index contributed by atoms with van der Waals surface area (Å²) in [4.78, 5) is 37.4. The average molecular weight is 446 g/mol. The van der Waals surface area contributed by atoms with Gasteiger partial charge in [-0.05, 0) is 30.9 Å². The number of benzene rings is 1. The first-order valence-corrected chi connectivity index (χ1v) is 10.5. The van der Waals surface area contributed by atoms with E-state index < -0.39 is 24.5 Å². The van der Waals surface area contributed by atoms with Crippen molar-refractivity contribution >= 4 is 24.9 Å². The Morgan fingerprint density at radius 3 is 2.75 bits per heavy atom. The number of likely N-dealkylation sites (N-methyl/N-ethyl adjacent to an activating group) is 1. The van der Waals surface area contributed by atoms with E-state index in [1.165, 1.54) is 7.05 Å². The molecule has 1 saturated carbocycles. The predicted octanol–water partition coefficient (Wildman–Crippen LogP) is -1.24. The van der Waals surface area contributed by atoms with Gasteiger partial charge in [0.2, 0.25) is 11.8 Å². The monoisotopic (exact) mass is 446 g/mol. The van der Waals surface area contributed by atoms with Crippen molar-refractivity contribution in [2.45, 2.75) is 36.7 Å². The summed E-state index contributed by atoms with van der Waals surface area (Å²) in [7, 11) is 0.475. The van der Waals surface area contributed by atoms with E-state index in [2.05, 4.69) is 10.6 Å². The number of hydrogen-bond acceptors (Lipinski definition) is 8. The summed E-state index contributed by atoms with van der Waals surface area (Å²) in [5, 5.41) is 24.7. The standard InChI is InChI=1S/C20H27BN4O7/c1-20(22,19(29)24-6-15(26)23-2)9-25-7-10(8-25)31-14-4-3-11-12-5-13(12)21(30)32-17(11)16(14)18(27)28/h3-4,10,12-13,30H,5-9,22H2,1-2H3,(H,23,26)(H,24,29)(H,27,28)/t12-,13-,20-/m1/s1. The Morgan fingerprint density at radius 1 is 1.38 bits per heavy atom. The Morgan fingerprint density at radius 2 is 2.09 bits per heavy atom. The highest BCUT2D eigenvalue weighted by atomic mass is 16.5. The molecular formula is C20H27BN4O7. The normalized spacial score (nSPS) is 23.6. The zero-order valence-corrected chi connectivity index (χ0v) is 18.0. The van der Waals surface area contributed by atoms with Crippen LogP contribution in [0.25, 0.3) is 0 Å². The number of nitrogens with two attached hydrogens (primary N) is 1. The van der Waals surface area contributed by atoms with Crippen LogP contribution >= 0.6 is 0 Å². The van der Waals surface area contributed by atoms with Gasteiger partial charge in [0.15, 0.2) is 0 Å². The lowest BCUT2D eigenvalue weighted by Gasteiger charge is -2.42. The number of ether oxygens (including phenoxy) is 1. The van der Waals surface area contributed by atoms with E-state index in [0.29, 0.717) is 13.1 Å². The van der Waals surface area contributed by atoms with Crippen molar-refractivity contribution in [2.24, 2.45) is 5.73 Å². The molecule has 2 amide bonds. The van der Waals surface area contributed by atoms with E-state index in [4.69, 9.17) is 15.1 Å². The van der Waals surface area contributed by atoms with Gasteiger partial charge in [0.05, 0.1) is 6.54 Å². The van der Waals surface area contributed by atoms with Crippen LogP contribution in [0.4, 0.5) is 0 Å². The van der Waals surface area contributed by atoms with Gasteiger partial charge >= 0.3 is 13.1 Å². The smallest absolute Gasteiger partial charge is 0.526 e. The third-order valence-corrected chi connectivity index (χ3v) is 6.18. The van der Waals surface area contributed by atoms with Gasteiger partial charge in [-0.1, -0.05) is 6.07 Å². The molecule has 0 unspecified atom stereocenters. The van der Waals surface area contributed by atoms with Crippen LogP contribution in [0.2, 0.25) is 5.82 Å². The molecule has 0 aromatic heterocycles. The number of nitrogens with one attached hydrogen (secondary N) is 2. The summed E-state index contributed by atoms with van der Waals surface area (Å²) in [6.07, 6.45) is 0.498. The number of carbonyl (C=O) groups excluding carboxylic acids is 2. The quantitative estimate of drug-likeness (QED) is 0.307. The van der Waals surface area contributed by atoms with Crippen molar-refractivity contribution in [3.8, 4) is 11.5 Å². The fraction of sp³-hybridized carbons (Fsp3) is 0.550. The lowest BCUT2D eigenvalue weighted by Crippen LogP contribution is -2.64. The second-order valence-corrected chi connectivity index (χ2v) is 8.88. The maximum atomic E-state index is 12.3. The molecule has 1 aromatic rings. The summed E-state index contributed by atoms with van der Waals surface area (Å²) in [5.41, 5.74) is 5.63. The fourth-order valence-corrected chi connectivity index (χ4v) is 4.29. The molecule has 2 heterocycles. The molecule has 1 aliphatic carbocycles. The Hall–Kier alpha value is -2.83. The van der Waals surface area contributed by atoms with Crippen molar-refractivity contribution in [3.05, 3.63) is 23.3 Å². The highest BCUT2D eigenvalue weighted by molar-refractivity contribution is 6.48. The van der Waals surface area contributed by atoms with Crippen LogP contribution in [0.15, 0.2) is 12.1 Å². The lowest BCUT2D eigenvalue weighted by atomic mass is 9.77. The number of rotatable bonds is 8. The van der Waals surface area contributed by atoms with Gasteiger partial charge in [-0.25, -0.2) is 4.79 Å².